The van der Waals surface area contributed by atoms with E-state index in [0.717, 1.165) is 11.1 Å². The minimum atomic E-state index is -3.93. The van der Waals surface area contributed by atoms with Crippen LogP contribution in [0.25, 0.3) is 11.1 Å². The lowest BCUT2D eigenvalue weighted by Crippen LogP contribution is -2.09. The summed E-state index contributed by atoms with van der Waals surface area (Å²) in [5.74, 6) is 0.237. The predicted octanol–water partition coefficient (Wildman–Crippen LogP) is 4.48. The molecule has 0 N–H and O–H groups in total. The van der Waals surface area contributed by atoms with Gasteiger partial charge in [-0.15, -0.1) is 0 Å². The van der Waals surface area contributed by atoms with E-state index in [1.807, 2.05) is 43.3 Å². The summed E-state index contributed by atoms with van der Waals surface area (Å²) in [5, 5.41) is 0.219. The van der Waals surface area contributed by atoms with Gasteiger partial charge in [-0.2, -0.15) is 8.42 Å². The standard InChI is InChI=1S/C18H14ClNO3S/c1-13-2-4-14(5-3-13)15-6-8-16(9-7-15)23-24(21,22)17-10-11-18(19)20-12-17/h2-12H,1H3. The van der Waals surface area contributed by atoms with Crippen molar-refractivity contribution in [3.63, 3.8) is 0 Å². The molecule has 0 spiro atoms. The highest BCUT2D eigenvalue weighted by atomic mass is 35.5. The highest BCUT2D eigenvalue weighted by molar-refractivity contribution is 7.87. The predicted molar refractivity (Wildman–Crippen MR) is 93.7 cm³/mol. The zero-order valence-corrected chi connectivity index (χ0v) is 14.4. The molecule has 6 heteroatoms. The molecule has 122 valence electrons. The van der Waals surface area contributed by atoms with Gasteiger partial charge in [-0.25, -0.2) is 4.98 Å². The maximum absolute atomic E-state index is 12.2. The summed E-state index contributed by atoms with van der Waals surface area (Å²) in [6, 6.07) is 17.7. The number of benzene rings is 2. The van der Waals surface area contributed by atoms with E-state index in [4.69, 9.17) is 15.8 Å². The Kier molecular flexibility index (Phi) is 4.55. The summed E-state index contributed by atoms with van der Waals surface area (Å²) in [6.07, 6.45) is 1.17. The van der Waals surface area contributed by atoms with Crippen LogP contribution in [-0.4, -0.2) is 13.4 Å². The molecule has 0 atom stereocenters. The summed E-state index contributed by atoms with van der Waals surface area (Å²) in [5.41, 5.74) is 3.21. The zero-order chi connectivity index (χ0) is 17.2. The average molecular weight is 360 g/mol. The number of hydrogen-bond acceptors (Lipinski definition) is 4. The van der Waals surface area contributed by atoms with E-state index in [2.05, 4.69) is 4.98 Å². The third-order valence-corrected chi connectivity index (χ3v) is 4.89. The van der Waals surface area contributed by atoms with Crippen molar-refractivity contribution >= 4 is 21.7 Å². The van der Waals surface area contributed by atoms with Crippen molar-refractivity contribution in [3.05, 3.63) is 77.6 Å². The Balaban J connectivity index is 1.81. The third kappa shape index (κ3) is 3.75. The number of nitrogens with zero attached hydrogens (tertiary/aromatic N) is 1. The van der Waals surface area contributed by atoms with Crippen LogP contribution in [0, 0.1) is 6.92 Å². The second-order valence-electron chi connectivity index (χ2n) is 5.24. The third-order valence-electron chi connectivity index (χ3n) is 3.43. The molecule has 0 saturated heterocycles. The molecule has 0 bridgehead atoms. The molecule has 0 aliphatic heterocycles. The van der Waals surface area contributed by atoms with E-state index in [1.54, 1.807) is 12.1 Å². The van der Waals surface area contributed by atoms with Gasteiger partial charge in [0.15, 0.2) is 0 Å². The van der Waals surface area contributed by atoms with Gasteiger partial charge in [-0.1, -0.05) is 53.6 Å². The molecular weight excluding hydrogens is 346 g/mol. The van der Waals surface area contributed by atoms with Crippen molar-refractivity contribution in [2.24, 2.45) is 0 Å². The Morgan fingerprint density at radius 2 is 1.46 bits per heavy atom. The summed E-state index contributed by atoms with van der Waals surface area (Å²) < 4.78 is 29.5. The highest BCUT2D eigenvalue weighted by Crippen LogP contribution is 2.25. The van der Waals surface area contributed by atoms with Gasteiger partial charge < -0.3 is 4.18 Å². The van der Waals surface area contributed by atoms with Crippen LogP contribution in [0.1, 0.15) is 5.56 Å². The van der Waals surface area contributed by atoms with Crippen molar-refractivity contribution in [3.8, 4) is 16.9 Å². The molecule has 0 aliphatic carbocycles. The topological polar surface area (TPSA) is 56.3 Å². The molecule has 0 saturated carbocycles. The minimum Gasteiger partial charge on any atom is -0.379 e. The van der Waals surface area contributed by atoms with Crippen LogP contribution in [0.5, 0.6) is 5.75 Å². The van der Waals surface area contributed by atoms with Crippen molar-refractivity contribution in [1.29, 1.82) is 0 Å². The Labute approximate surface area is 145 Å². The summed E-state index contributed by atoms with van der Waals surface area (Å²) >= 11 is 5.66. The van der Waals surface area contributed by atoms with E-state index >= 15 is 0 Å². The number of aromatic nitrogens is 1. The Morgan fingerprint density at radius 1 is 0.875 bits per heavy atom. The first-order chi connectivity index (χ1) is 11.4. The van der Waals surface area contributed by atoms with Crippen molar-refractivity contribution in [1.82, 2.24) is 4.98 Å². The number of hydrogen-bond donors (Lipinski definition) is 0. The number of rotatable bonds is 4. The normalized spacial score (nSPS) is 11.2. The molecular formula is C18H14ClNO3S. The summed E-state index contributed by atoms with van der Waals surface area (Å²) in [6.45, 7) is 2.02. The molecule has 0 unspecified atom stereocenters. The molecule has 0 radical (unpaired) electrons. The molecule has 0 amide bonds. The number of aryl methyl sites for hydroxylation is 1. The van der Waals surface area contributed by atoms with Crippen molar-refractivity contribution in [2.75, 3.05) is 0 Å². The number of pyridine rings is 1. The highest BCUT2D eigenvalue weighted by Gasteiger charge is 2.17. The van der Waals surface area contributed by atoms with Crippen LogP contribution in [0.3, 0.4) is 0 Å². The molecule has 0 fully saturated rings. The average Bonchev–Trinajstić information content (AvgIpc) is 2.56. The van der Waals surface area contributed by atoms with Gasteiger partial charge in [0.2, 0.25) is 0 Å². The molecule has 1 aromatic heterocycles. The molecule has 4 nitrogen and oxygen atoms in total. The van der Waals surface area contributed by atoms with Crippen molar-refractivity contribution < 1.29 is 12.6 Å². The van der Waals surface area contributed by atoms with Gasteiger partial charge in [0.1, 0.15) is 15.8 Å². The second-order valence-corrected chi connectivity index (χ2v) is 7.18. The van der Waals surface area contributed by atoms with Crippen LogP contribution >= 0.6 is 11.6 Å². The van der Waals surface area contributed by atoms with Gasteiger partial charge in [-0.3, -0.25) is 0 Å². The fourth-order valence-corrected chi connectivity index (χ4v) is 3.12. The lowest BCUT2D eigenvalue weighted by molar-refractivity contribution is 0.486. The maximum Gasteiger partial charge on any atom is 0.340 e. The second kappa shape index (κ2) is 6.63. The van der Waals surface area contributed by atoms with E-state index in [0.29, 0.717) is 0 Å². The number of halogens is 1. The molecule has 24 heavy (non-hydrogen) atoms. The fourth-order valence-electron chi connectivity index (χ4n) is 2.13. The van der Waals surface area contributed by atoms with E-state index in [1.165, 1.54) is 23.9 Å². The van der Waals surface area contributed by atoms with Gasteiger partial charge in [-0.05, 0) is 42.3 Å². The first-order valence-electron chi connectivity index (χ1n) is 7.17. The van der Waals surface area contributed by atoms with Gasteiger partial charge >= 0.3 is 10.1 Å². The lowest BCUT2D eigenvalue weighted by Gasteiger charge is -2.08. The fraction of sp³-hybridized carbons (Fsp3) is 0.0556. The van der Waals surface area contributed by atoms with Crippen LogP contribution in [0.4, 0.5) is 0 Å². The van der Waals surface area contributed by atoms with Crippen LogP contribution in [-0.2, 0) is 10.1 Å². The molecule has 3 aromatic rings. The molecule has 2 aromatic carbocycles. The van der Waals surface area contributed by atoms with Crippen LogP contribution in [0.2, 0.25) is 5.15 Å². The largest absolute Gasteiger partial charge is 0.379 e. The monoisotopic (exact) mass is 359 g/mol. The Hall–Kier alpha value is -2.37. The zero-order valence-electron chi connectivity index (χ0n) is 12.8. The van der Waals surface area contributed by atoms with E-state index in [9.17, 15) is 8.42 Å². The van der Waals surface area contributed by atoms with Gasteiger partial charge in [0.25, 0.3) is 0 Å². The Morgan fingerprint density at radius 3 is 2.00 bits per heavy atom. The first-order valence-corrected chi connectivity index (χ1v) is 8.96. The Bertz CT molecular complexity index is 935. The lowest BCUT2D eigenvalue weighted by atomic mass is 10.0. The molecule has 3 rings (SSSR count). The molecule has 1 heterocycles. The quantitative estimate of drug-likeness (QED) is 0.509. The van der Waals surface area contributed by atoms with E-state index in [-0.39, 0.29) is 15.8 Å². The molecule has 0 aliphatic rings. The van der Waals surface area contributed by atoms with E-state index < -0.39 is 10.1 Å². The summed E-state index contributed by atoms with van der Waals surface area (Å²) in [4.78, 5) is 3.71. The minimum absolute atomic E-state index is 0.0467. The maximum atomic E-state index is 12.2. The smallest absolute Gasteiger partial charge is 0.340 e. The first kappa shape index (κ1) is 16.5. The van der Waals surface area contributed by atoms with Gasteiger partial charge in [0, 0.05) is 0 Å². The van der Waals surface area contributed by atoms with Gasteiger partial charge in [0.05, 0.1) is 6.20 Å². The summed E-state index contributed by atoms with van der Waals surface area (Å²) in [7, 11) is -3.93. The van der Waals surface area contributed by atoms with Crippen molar-refractivity contribution in [2.45, 2.75) is 11.8 Å². The SMILES string of the molecule is Cc1ccc(-c2ccc(OS(=O)(=O)c3ccc(Cl)nc3)cc2)cc1. The van der Waals surface area contributed by atoms with Crippen LogP contribution < -0.4 is 4.18 Å². The van der Waals surface area contributed by atoms with Crippen LogP contribution in [0.15, 0.2) is 71.8 Å².